The molecule has 0 heterocycles. The third-order valence-corrected chi connectivity index (χ3v) is 3.91. The number of ether oxygens (including phenoxy) is 1. The quantitative estimate of drug-likeness (QED) is 0.452. The van der Waals surface area contributed by atoms with Gasteiger partial charge in [-0.15, -0.1) is 11.8 Å². The highest BCUT2D eigenvalue weighted by Crippen LogP contribution is 2.22. The molecule has 23 heavy (non-hydrogen) atoms. The lowest BCUT2D eigenvalue weighted by Crippen LogP contribution is -2.38. The van der Waals surface area contributed by atoms with Crippen LogP contribution in [0.2, 0.25) is 0 Å². The summed E-state index contributed by atoms with van der Waals surface area (Å²) in [5.74, 6) is -1.60. The highest BCUT2D eigenvalue weighted by molar-refractivity contribution is 8.00. The van der Waals surface area contributed by atoms with Gasteiger partial charge >= 0.3 is 5.97 Å². The maximum Gasteiger partial charge on any atom is 0.325 e. The number of methoxy groups -OCH3 is 1. The largest absolute Gasteiger partial charge is 0.480 e. The molecule has 2 amide bonds. The summed E-state index contributed by atoms with van der Waals surface area (Å²) in [6.45, 7) is 2.25. The minimum atomic E-state index is -1.11. The number of benzene rings is 1. The molecule has 0 fully saturated rings. The highest BCUT2D eigenvalue weighted by atomic mass is 32.2. The van der Waals surface area contributed by atoms with Crippen LogP contribution in [0.15, 0.2) is 29.2 Å². The number of rotatable bonds is 9. The zero-order valence-electron chi connectivity index (χ0n) is 13.0. The van der Waals surface area contributed by atoms with Crippen LogP contribution in [0, 0.1) is 0 Å². The van der Waals surface area contributed by atoms with Crippen LogP contribution in [0.1, 0.15) is 17.3 Å². The lowest BCUT2D eigenvalue weighted by Gasteiger charge is -2.12. The summed E-state index contributed by atoms with van der Waals surface area (Å²) in [4.78, 5) is 35.2. The van der Waals surface area contributed by atoms with Crippen molar-refractivity contribution in [3.63, 3.8) is 0 Å². The molecule has 0 spiro atoms. The molecule has 1 atom stereocenters. The van der Waals surface area contributed by atoms with Gasteiger partial charge in [-0.05, 0) is 19.1 Å². The van der Waals surface area contributed by atoms with Crippen LogP contribution < -0.4 is 10.6 Å². The summed E-state index contributed by atoms with van der Waals surface area (Å²) in [5.41, 5.74) is 0.343. The molecular formula is C15H20N2O5S. The van der Waals surface area contributed by atoms with E-state index in [-0.39, 0.29) is 11.7 Å². The maximum atomic E-state index is 12.1. The molecule has 0 aromatic heterocycles. The fourth-order valence-corrected chi connectivity index (χ4v) is 2.48. The van der Waals surface area contributed by atoms with Crippen molar-refractivity contribution in [2.75, 3.05) is 26.0 Å². The molecule has 3 N–H and O–H groups in total. The van der Waals surface area contributed by atoms with Gasteiger partial charge in [-0.2, -0.15) is 0 Å². The number of nitrogens with one attached hydrogen (secondary N) is 2. The smallest absolute Gasteiger partial charge is 0.325 e. The number of hydrogen-bond acceptors (Lipinski definition) is 5. The van der Waals surface area contributed by atoms with Gasteiger partial charge in [0.2, 0.25) is 5.91 Å². The van der Waals surface area contributed by atoms with E-state index in [4.69, 9.17) is 9.84 Å². The number of carboxylic acids is 1. The Morgan fingerprint density at radius 2 is 2.00 bits per heavy atom. The molecule has 0 aliphatic carbocycles. The Kier molecular flexibility index (Phi) is 8.14. The number of carbonyl (C=O) groups is 3. The maximum absolute atomic E-state index is 12.1. The minimum absolute atomic E-state index is 0.155. The van der Waals surface area contributed by atoms with E-state index in [2.05, 4.69) is 10.6 Å². The fourth-order valence-electron chi connectivity index (χ4n) is 1.60. The summed E-state index contributed by atoms with van der Waals surface area (Å²) in [6.07, 6.45) is 0. The monoisotopic (exact) mass is 340 g/mol. The Bertz CT molecular complexity index is 565. The van der Waals surface area contributed by atoms with Gasteiger partial charge in [-0.3, -0.25) is 14.4 Å². The van der Waals surface area contributed by atoms with Crippen molar-refractivity contribution in [1.29, 1.82) is 0 Å². The van der Waals surface area contributed by atoms with Gasteiger partial charge in [0.05, 0.1) is 17.9 Å². The van der Waals surface area contributed by atoms with Crippen molar-refractivity contribution >= 4 is 29.5 Å². The second kappa shape index (κ2) is 9.86. The van der Waals surface area contributed by atoms with Gasteiger partial charge in [-0.25, -0.2) is 0 Å². The Balaban J connectivity index is 2.65. The van der Waals surface area contributed by atoms with Crippen LogP contribution in [0.5, 0.6) is 0 Å². The van der Waals surface area contributed by atoms with Gasteiger partial charge in [0.1, 0.15) is 6.04 Å². The summed E-state index contributed by atoms with van der Waals surface area (Å²) < 4.78 is 4.84. The average Bonchev–Trinajstić information content (AvgIpc) is 2.53. The average molecular weight is 340 g/mol. The molecule has 0 aliphatic rings. The predicted molar refractivity (Wildman–Crippen MR) is 86.6 cm³/mol. The normalized spacial score (nSPS) is 11.6. The molecule has 1 aromatic carbocycles. The van der Waals surface area contributed by atoms with E-state index in [1.54, 1.807) is 31.4 Å². The fraction of sp³-hybridized carbons (Fsp3) is 0.400. The van der Waals surface area contributed by atoms with Crippen molar-refractivity contribution in [1.82, 2.24) is 10.6 Å². The van der Waals surface area contributed by atoms with Crippen molar-refractivity contribution < 1.29 is 24.2 Å². The standard InChI is InChI=1S/C15H20N2O5S/c1-10(15(20)21)17-14(19)11-5-3-4-6-12(11)23-9-13(18)16-7-8-22-2/h3-6,10H,7-9H2,1-2H3,(H,16,18)(H,17,19)(H,20,21). The van der Waals surface area contributed by atoms with Crippen molar-refractivity contribution in [3.05, 3.63) is 29.8 Å². The Morgan fingerprint density at radius 1 is 1.30 bits per heavy atom. The van der Waals surface area contributed by atoms with E-state index in [0.717, 1.165) is 0 Å². The molecule has 0 bridgehead atoms. The van der Waals surface area contributed by atoms with Crippen LogP contribution in [-0.2, 0) is 14.3 Å². The van der Waals surface area contributed by atoms with Gasteiger partial charge < -0.3 is 20.5 Å². The number of carboxylic acid groups (broad SMARTS) is 1. The highest BCUT2D eigenvalue weighted by Gasteiger charge is 2.18. The van der Waals surface area contributed by atoms with Crippen molar-refractivity contribution in [2.45, 2.75) is 17.9 Å². The van der Waals surface area contributed by atoms with Gasteiger partial charge in [-0.1, -0.05) is 12.1 Å². The van der Waals surface area contributed by atoms with E-state index in [1.807, 2.05) is 0 Å². The van der Waals surface area contributed by atoms with Crippen LogP contribution >= 0.6 is 11.8 Å². The Morgan fingerprint density at radius 3 is 2.65 bits per heavy atom. The topological polar surface area (TPSA) is 105 Å². The first kappa shape index (κ1) is 19.0. The third kappa shape index (κ3) is 6.70. The van der Waals surface area contributed by atoms with E-state index in [9.17, 15) is 14.4 Å². The first-order chi connectivity index (χ1) is 11.0. The number of hydrogen-bond donors (Lipinski definition) is 3. The summed E-state index contributed by atoms with van der Waals surface area (Å²) >= 11 is 1.22. The van der Waals surface area contributed by atoms with Gasteiger partial charge in [0.15, 0.2) is 0 Å². The zero-order valence-corrected chi connectivity index (χ0v) is 13.8. The van der Waals surface area contributed by atoms with E-state index in [0.29, 0.717) is 23.6 Å². The first-order valence-corrected chi connectivity index (χ1v) is 7.95. The lowest BCUT2D eigenvalue weighted by atomic mass is 10.2. The van der Waals surface area contributed by atoms with Crippen LogP contribution in [-0.4, -0.2) is 54.9 Å². The molecule has 0 aliphatic heterocycles. The molecule has 0 radical (unpaired) electrons. The number of thioether (sulfide) groups is 1. The van der Waals surface area contributed by atoms with Crippen LogP contribution in [0.4, 0.5) is 0 Å². The molecule has 1 aromatic rings. The lowest BCUT2D eigenvalue weighted by molar-refractivity contribution is -0.138. The predicted octanol–water partition coefficient (Wildman–Crippen LogP) is 0.744. The number of aliphatic carboxylic acids is 1. The van der Waals surface area contributed by atoms with E-state index in [1.165, 1.54) is 18.7 Å². The summed E-state index contributed by atoms with van der Waals surface area (Å²) in [7, 11) is 1.55. The van der Waals surface area contributed by atoms with Crippen LogP contribution in [0.25, 0.3) is 0 Å². The van der Waals surface area contributed by atoms with Crippen molar-refractivity contribution in [3.8, 4) is 0 Å². The molecule has 7 nitrogen and oxygen atoms in total. The molecule has 1 rings (SSSR count). The second-order valence-corrected chi connectivity index (χ2v) is 5.68. The van der Waals surface area contributed by atoms with E-state index >= 15 is 0 Å². The second-order valence-electron chi connectivity index (χ2n) is 4.66. The SMILES string of the molecule is COCCNC(=O)CSc1ccccc1C(=O)NC(C)C(=O)O. The van der Waals surface area contributed by atoms with Gasteiger partial charge in [0, 0.05) is 18.6 Å². The number of carbonyl (C=O) groups excluding carboxylic acids is 2. The van der Waals surface area contributed by atoms with Crippen molar-refractivity contribution in [2.24, 2.45) is 0 Å². The zero-order chi connectivity index (χ0) is 17.2. The molecule has 8 heteroatoms. The minimum Gasteiger partial charge on any atom is -0.480 e. The Labute approximate surface area is 138 Å². The molecule has 126 valence electrons. The van der Waals surface area contributed by atoms with E-state index < -0.39 is 17.9 Å². The molecule has 1 unspecified atom stereocenters. The summed E-state index contributed by atoms with van der Waals surface area (Å²) in [6, 6.07) is 5.76. The Hall–Kier alpha value is -2.06. The molecule has 0 saturated carbocycles. The summed E-state index contributed by atoms with van der Waals surface area (Å²) in [5, 5.41) is 13.9. The molecule has 0 saturated heterocycles. The number of amides is 2. The molecular weight excluding hydrogens is 320 g/mol. The van der Waals surface area contributed by atoms with Crippen LogP contribution in [0.3, 0.4) is 0 Å². The van der Waals surface area contributed by atoms with Gasteiger partial charge in [0.25, 0.3) is 5.91 Å². The third-order valence-electron chi connectivity index (χ3n) is 2.84. The first-order valence-electron chi connectivity index (χ1n) is 6.96.